The highest BCUT2D eigenvalue weighted by Gasteiger charge is 2.46. The molecule has 3 rings (SSSR count). The van der Waals surface area contributed by atoms with Gasteiger partial charge in [-0.1, -0.05) is 36.4 Å². The lowest BCUT2D eigenvalue weighted by Crippen LogP contribution is -2.36. The minimum atomic E-state index is -0.225. The van der Waals surface area contributed by atoms with Crippen molar-refractivity contribution >= 4 is 17.7 Å². The molecule has 0 N–H and O–H groups in total. The second kappa shape index (κ2) is 7.21. The first kappa shape index (κ1) is 17.4. The van der Waals surface area contributed by atoms with Gasteiger partial charge in [-0.15, -0.1) is 0 Å². The van der Waals surface area contributed by atoms with E-state index >= 15 is 0 Å². The van der Waals surface area contributed by atoms with Crippen molar-refractivity contribution in [2.24, 2.45) is 11.8 Å². The Labute approximate surface area is 148 Å². The van der Waals surface area contributed by atoms with Crippen LogP contribution in [-0.4, -0.2) is 41.1 Å². The van der Waals surface area contributed by atoms with Crippen molar-refractivity contribution in [1.29, 1.82) is 0 Å². The van der Waals surface area contributed by atoms with Crippen molar-refractivity contribution in [2.75, 3.05) is 13.6 Å². The van der Waals surface area contributed by atoms with Crippen molar-refractivity contribution < 1.29 is 14.4 Å². The van der Waals surface area contributed by atoms with Gasteiger partial charge in [0.1, 0.15) is 0 Å². The zero-order valence-electron chi connectivity index (χ0n) is 14.8. The molecule has 0 saturated carbocycles. The number of hydrogen-bond donors (Lipinski definition) is 0. The van der Waals surface area contributed by atoms with Gasteiger partial charge in [0, 0.05) is 26.6 Å². The van der Waals surface area contributed by atoms with Gasteiger partial charge in [0.05, 0.1) is 11.8 Å². The molecule has 0 spiro atoms. The third kappa shape index (κ3) is 3.50. The molecule has 1 aliphatic heterocycles. The highest BCUT2D eigenvalue weighted by molar-refractivity contribution is 6.05. The smallest absolute Gasteiger partial charge is 0.233 e. The van der Waals surface area contributed by atoms with Gasteiger partial charge in [0.2, 0.25) is 17.7 Å². The van der Waals surface area contributed by atoms with Crippen LogP contribution in [0.3, 0.4) is 0 Å². The van der Waals surface area contributed by atoms with Crippen molar-refractivity contribution in [3.05, 3.63) is 47.5 Å². The largest absolute Gasteiger partial charge is 0.341 e. The number of amides is 3. The van der Waals surface area contributed by atoms with E-state index in [1.807, 2.05) is 43.3 Å². The molecule has 5 heteroatoms. The molecule has 0 aromatic heterocycles. The zero-order chi connectivity index (χ0) is 18.0. The van der Waals surface area contributed by atoms with Crippen LogP contribution in [0.2, 0.25) is 0 Å². The van der Waals surface area contributed by atoms with Crippen LogP contribution in [0.25, 0.3) is 0 Å². The molecule has 3 amide bonds. The number of nitrogens with zero attached hydrogens (tertiary/aromatic N) is 2. The average molecular weight is 340 g/mol. The number of aryl methyl sites for hydroxylation is 1. The molecule has 132 valence electrons. The van der Waals surface area contributed by atoms with Gasteiger partial charge in [-0.05, 0) is 30.9 Å². The quantitative estimate of drug-likeness (QED) is 0.610. The first-order valence-corrected chi connectivity index (χ1v) is 8.77. The van der Waals surface area contributed by atoms with E-state index in [1.54, 1.807) is 11.9 Å². The molecular weight excluding hydrogens is 316 g/mol. The minimum Gasteiger partial charge on any atom is -0.341 e. The van der Waals surface area contributed by atoms with Gasteiger partial charge in [-0.2, -0.15) is 0 Å². The second-order valence-electron chi connectivity index (χ2n) is 6.91. The molecule has 5 nitrogen and oxygen atoms in total. The number of carbonyl (C=O) groups is 3. The molecule has 2 atom stereocenters. The predicted molar refractivity (Wildman–Crippen MR) is 94.3 cm³/mol. The van der Waals surface area contributed by atoms with Crippen molar-refractivity contribution in [1.82, 2.24) is 9.80 Å². The van der Waals surface area contributed by atoms with Crippen LogP contribution in [0.4, 0.5) is 0 Å². The number of carbonyl (C=O) groups excluding carboxylic acids is 3. The maximum atomic E-state index is 12.4. The number of benzene rings is 1. The van der Waals surface area contributed by atoms with Crippen LogP contribution >= 0.6 is 0 Å². The summed E-state index contributed by atoms with van der Waals surface area (Å²) in [5.74, 6) is -0.742. The number of allylic oxidation sites excluding steroid dienone is 2. The first-order valence-electron chi connectivity index (χ1n) is 8.77. The van der Waals surface area contributed by atoms with Crippen molar-refractivity contribution in [3.63, 3.8) is 0 Å². The Kier molecular flexibility index (Phi) is 5.02. The van der Waals surface area contributed by atoms with Crippen LogP contribution in [0.15, 0.2) is 36.4 Å². The molecular formula is C20H24N2O3. The van der Waals surface area contributed by atoms with Crippen LogP contribution in [0.1, 0.15) is 30.4 Å². The van der Waals surface area contributed by atoms with E-state index in [0.29, 0.717) is 19.4 Å². The van der Waals surface area contributed by atoms with E-state index in [1.165, 1.54) is 4.90 Å². The van der Waals surface area contributed by atoms with Crippen LogP contribution < -0.4 is 0 Å². The van der Waals surface area contributed by atoms with E-state index in [4.69, 9.17) is 0 Å². The molecule has 1 saturated heterocycles. The number of likely N-dealkylation sites (tertiary alicyclic amines) is 1. The van der Waals surface area contributed by atoms with Crippen molar-refractivity contribution in [3.8, 4) is 0 Å². The monoisotopic (exact) mass is 340 g/mol. The Bertz CT molecular complexity index is 699. The molecule has 2 aliphatic rings. The highest BCUT2D eigenvalue weighted by atomic mass is 16.2. The number of rotatable bonds is 5. The summed E-state index contributed by atoms with van der Waals surface area (Å²) < 4.78 is 0. The fraction of sp³-hybridized carbons (Fsp3) is 0.450. The SMILES string of the molecule is Cc1ccccc1CN(C)C(=O)CCN1C(=O)[C@H]2CC=CC[C@H]2C1=O. The Balaban J connectivity index is 1.56. The van der Waals surface area contributed by atoms with Gasteiger partial charge >= 0.3 is 0 Å². The molecule has 0 bridgehead atoms. The zero-order valence-corrected chi connectivity index (χ0v) is 14.8. The lowest BCUT2D eigenvalue weighted by Gasteiger charge is -2.20. The summed E-state index contributed by atoms with van der Waals surface area (Å²) >= 11 is 0. The van der Waals surface area contributed by atoms with E-state index in [-0.39, 0.29) is 42.5 Å². The Hall–Kier alpha value is -2.43. The summed E-state index contributed by atoms with van der Waals surface area (Å²) in [6.45, 7) is 2.73. The minimum absolute atomic E-state index is 0.0585. The molecule has 0 radical (unpaired) electrons. The number of fused-ring (bicyclic) bond motifs is 1. The van der Waals surface area contributed by atoms with Gasteiger partial charge in [-0.25, -0.2) is 0 Å². The number of imide groups is 1. The predicted octanol–water partition coefficient (Wildman–Crippen LogP) is 2.29. The molecule has 1 fully saturated rings. The fourth-order valence-corrected chi connectivity index (χ4v) is 3.62. The lowest BCUT2D eigenvalue weighted by atomic mass is 9.85. The van der Waals surface area contributed by atoms with E-state index in [2.05, 4.69) is 0 Å². The maximum absolute atomic E-state index is 12.4. The second-order valence-corrected chi connectivity index (χ2v) is 6.91. The van der Waals surface area contributed by atoms with Gasteiger partial charge in [0.25, 0.3) is 0 Å². The summed E-state index contributed by atoms with van der Waals surface area (Å²) in [6, 6.07) is 7.95. The first-order chi connectivity index (χ1) is 12.0. The Morgan fingerprint density at radius 3 is 2.32 bits per heavy atom. The summed E-state index contributed by atoms with van der Waals surface area (Å²) in [7, 11) is 1.76. The topological polar surface area (TPSA) is 57.7 Å². The number of hydrogen-bond acceptors (Lipinski definition) is 3. The van der Waals surface area contributed by atoms with Crippen LogP contribution in [-0.2, 0) is 20.9 Å². The van der Waals surface area contributed by atoms with E-state index in [0.717, 1.165) is 11.1 Å². The molecule has 25 heavy (non-hydrogen) atoms. The fourth-order valence-electron chi connectivity index (χ4n) is 3.62. The third-order valence-corrected chi connectivity index (χ3v) is 5.24. The van der Waals surface area contributed by atoms with Crippen LogP contribution in [0.5, 0.6) is 0 Å². The molecule has 0 unspecified atom stereocenters. The normalized spacial score (nSPS) is 22.2. The summed E-state index contributed by atoms with van der Waals surface area (Å²) in [6.07, 6.45) is 5.38. The van der Waals surface area contributed by atoms with E-state index in [9.17, 15) is 14.4 Å². The molecule has 1 heterocycles. The van der Waals surface area contributed by atoms with Gasteiger partial charge in [0.15, 0.2) is 0 Å². The van der Waals surface area contributed by atoms with Crippen LogP contribution in [0, 0.1) is 18.8 Å². The summed E-state index contributed by atoms with van der Waals surface area (Å²) in [5.41, 5.74) is 2.24. The Morgan fingerprint density at radius 1 is 1.12 bits per heavy atom. The Morgan fingerprint density at radius 2 is 1.72 bits per heavy atom. The van der Waals surface area contributed by atoms with E-state index < -0.39 is 0 Å². The summed E-state index contributed by atoms with van der Waals surface area (Å²) in [5, 5.41) is 0. The highest BCUT2D eigenvalue weighted by Crippen LogP contribution is 2.35. The average Bonchev–Trinajstić information content (AvgIpc) is 2.86. The van der Waals surface area contributed by atoms with Gasteiger partial charge < -0.3 is 4.90 Å². The standard InChI is InChI=1S/C20H24N2O3/c1-14-7-3-4-8-15(14)13-21(2)18(23)11-12-22-19(24)16-9-5-6-10-17(16)20(22)25/h3-8,16-17H,9-13H2,1-2H3/t16-,17+. The molecule has 1 aromatic carbocycles. The molecule has 1 aliphatic carbocycles. The van der Waals surface area contributed by atoms with Crippen molar-refractivity contribution in [2.45, 2.75) is 32.7 Å². The summed E-state index contributed by atoms with van der Waals surface area (Å²) in [4.78, 5) is 40.2. The third-order valence-electron chi connectivity index (χ3n) is 5.24. The maximum Gasteiger partial charge on any atom is 0.233 e. The lowest BCUT2D eigenvalue weighted by molar-refractivity contribution is -0.140. The molecule has 1 aromatic rings. The van der Waals surface area contributed by atoms with Gasteiger partial charge in [-0.3, -0.25) is 19.3 Å².